The summed E-state index contributed by atoms with van der Waals surface area (Å²) in [6.45, 7) is 8.06. The number of benzene rings is 2. The summed E-state index contributed by atoms with van der Waals surface area (Å²) in [7, 11) is 3.01. The molecule has 35 heavy (non-hydrogen) atoms. The Bertz CT molecular complexity index is 1310. The molecule has 1 saturated heterocycles. The molecule has 2 heterocycles. The fraction of sp³-hybridized carbons (Fsp3) is 0.286. The number of carbonyl (C=O) groups excluding carboxylic acids is 2. The van der Waals surface area contributed by atoms with E-state index in [0.717, 1.165) is 11.1 Å². The fourth-order valence-corrected chi connectivity index (χ4v) is 4.28. The van der Waals surface area contributed by atoms with Gasteiger partial charge in [0.1, 0.15) is 17.6 Å². The molecule has 1 unspecified atom stereocenters. The molecule has 1 atom stereocenters. The summed E-state index contributed by atoms with van der Waals surface area (Å²) in [5, 5.41) is 11.5. The maximum absolute atomic E-state index is 13.4. The first-order chi connectivity index (χ1) is 16.6. The lowest BCUT2D eigenvalue weighted by Crippen LogP contribution is -2.29. The van der Waals surface area contributed by atoms with Crippen LogP contribution in [0.3, 0.4) is 0 Å². The molecule has 182 valence electrons. The second kappa shape index (κ2) is 8.98. The van der Waals surface area contributed by atoms with Crippen molar-refractivity contribution in [3.05, 3.63) is 82.8 Å². The van der Waals surface area contributed by atoms with Gasteiger partial charge in [0.05, 0.1) is 26.1 Å². The number of anilines is 1. The summed E-state index contributed by atoms with van der Waals surface area (Å²) >= 11 is 0. The third kappa shape index (κ3) is 4.18. The summed E-state index contributed by atoms with van der Waals surface area (Å²) in [6.07, 6.45) is 1.47. The van der Waals surface area contributed by atoms with Crippen LogP contribution in [-0.2, 0) is 15.0 Å². The van der Waals surface area contributed by atoms with E-state index < -0.39 is 17.7 Å². The van der Waals surface area contributed by atoms with E-state index in [-0.39, 0.29) is 16.7 Å². The topological polar surface area (TPSA) is 89.2 Å². The second-order valence-corrected chi connectivity index (χ2v) is 9.50. The number of carbonyl (C=O) groups is 2. The number of hydrogen-bond donors (Lipinski definition) is 1. The van der Waals surface area contributed by atoms with Gasteiger partial charge in [-0.3, -0.25) is 14.5 Å². The van der Waals surface area contributed by atoms with Crippen LogP contribution in [0.15, 0.2) is 64.8 Å². The zero-order valence-electron chi connectivity index (χ0n) is 20.7. The van der Waals surface area contributed by atoms with Crippen molar-refractivity contribution in [2.24, 2.45) is 0 Å². The van der Waals surface area contributed by atoms with Crippen LogP contribution in [0.25, 0.3) is 5.76 Å². The van der Waals surface area contributed by atoms with Crippen molar-refractivity contribution in [1.82, 2.24) is 0 Å². The number of amides is 1. The van der Waals surface area contributed by atoms with Crippen LogP contribution in [0.2, 0.25) is 0 Å². The Morgan fingerprint density at radius 2 is 1.71 bits per heavy atom. The number of ketones is 1. The molecular weight excluding hydrogens is 446 g/mol. The highest BCUT2D eigenvalue weighted by atomic mass is 16.5. The zero-order valence-corrected chi connectivity index (χ0v) is 20.7. The van der Waals surface area contributed by atoms with Gasteiger partial charge < -0.3 is 19.0 Å². The number of aliphatic hydroxyl groups is 1. The number of ether oxygens (including phenoxy) is 2. The van der Waals surface area contributed by atoms with Crippen molar-refractivity contribution in [2.45, 2.75) is 39.2 Å². The van der Waals surface area contributed by atoms with Crippen LogP contribution in [-0.4, -0.2) is 31.0 Å². The minimum absolute atomic E-state index is 0.0334. The molecule has 1 aliphatic rings. The third-order valence-electron chi connectivity index (χ3n) is 6.26. The number of hydrogen-bond acceptors (Lipinski definition) is 6. The van der Waals surface area contributed by atoms with Gasteiger partial charge in [0.15, 0.2) is 11.5 Å². The number of furan rings is 1. The van der Waals surface area contributed by atoms with Crippen molar-refractivity contribution in [3.63, 3.8) is 0 Å². The van der Waals surface area contributed by atoms with Gasteiger partial charge in [-0.25, -0.2) is 0 Å². The monoisotopic (exact) mass is 475 g/mol. The largest absolute Gasteiger partial charge is 0.507 e. The van der Waals surface area contributed by atoms with Gasteiger partial charge in [0.2, 0.25) is 0 Å². The predicted octanol–water partition coefficient (Wildman–Crippen LogP) is 5.53. The fourth-order valence-electron chi connectivity index (χ4n) is 4.28. The molecule has 0 radical (unpaired) electrons. The first-order valence-corrected chi connectivity index (χ1v) is 11.3. The van der Waals surface area contributed by atoms with Crippen molar-refractivity contribution in [3.8, 4) is 11.5 Å². The lowest BCUT2D eigenvalue weighted by Gasteiger charge is -2.24. The average Bonchev–Trinajstić information content (AvgIpc) is 3.44. The lowest BCUT2D eigenvalue weighted by atomic mass is 9.84. The number of aliphatic hydroxyl groups excluding tert-OH is 1. The molecule has 4 rings (SSSR count). The lowest BCUT2D eigenvalue weighted by molar-refractivity contribution is -0.132. The first-order valence-electron chi connectivity index (χ1n) is 11.3. The van der Waals surface area contributed by atoms with Crippen molar-refractivity contribution < 1.29 is 28.6 Å². The molecule has 3 aromatic rings. The molecule has 0 aliphatic carbocycles. The molecule has 1 aromatic heterocycles. The van der Waals surface area contributed by atoms with Gasteiger partial charge >= 0.3 is 0 Å². The average molecular weight is 476 g/mol. The summed E-state index contributed by atoms with van der Waals surface area (Å²) in [5.41, 5.74) is 2.48. The molecule has 7 heteroatoms. The summed E-state index contributed by atoms with van der Waals surface area (Å²) < 4.78 is 16.3. The van der Waals surface area contributed by atoms with Gasteiger partial charge in [-0.15, -0.1) is 0 Å². The molecular formula is C28H29NO6. The van der Waals surface area contributed by atoms with Crippen molar-refractivity contribution in [2.75, 3.05) is 19.1 Å². The molecule has 1 N–H and O–H groups in total. The Hall–Kier alpha value is -4.00. The minimum atomic E-state index is -0.958. The zero-order chi connectivity index (χ0) is 25.5. The first kappa shape index (κ1) is 24.1. The molecule has 0 saturated carbocycles. The highest BCUT2D eigenvalue weighted by Gasteiger charge is 2.48. The second-order valence-electron chi connectivity index (χ2n) is 9.50. The Kier molecular flexibility index (Phi) is 6.19. The summed E-state index contributed by atoms with van der Waals surface area (Å²) in [6, 6.07) is 13.1. The third-order valence-corrected chi connectivity index (χ3v) is 6.26. The molecule has 2 aromatic carbocycles. The molecule has 7 nitrogen and oxygen atoms in total. The van der Waals surface area contributed by atoms with E-state index >= 15 is 0 Å². The summed E-state index contributed by atoms with van der Waals surface area (Å²) in [5.74, 6) is -0.568. The predicted molar refractivity (Wildman–Crippen MR) is 133 cm³/mol. The number of rotatable bonds is 5. The Balaban J connectivity index is 1.94. The summed E-state index contributed by atoms with van der Waals surface area (Å²) in [4.78, 5) is 28.0. The van der Waals surface area contributed by atoms with Crippen LogP contribution in [0.4, 0.5) is 5.69 Å². The van der Waals surface area contributed by atoms with E-state index in [1.54, 1.807) is 30.3 Å². The highest BCUT2D eigenvalue weighted by Crippen LogP contribution is 2.44. The number of aryl methyl sites for hydroxylation is 1. The van der Waals surface area contributed by atoms with E-state index in [9.17, 15) is 14.7 Å². The number of methoxy groups -OCH3 is 2. The molecule has 0 bridgehead atoms. The van der Waals surface area contributed by atoms with Crippen LogP contribution < -0.4 is 14.4 Å². The SMILES string of the molecule is COc1ccc(N2C(=O)C(=O)/C(=C(/O)c3cc(C(C)(C)C)ccc3C)C2c2ccco2)cc1OC. The van der Waals surface area contributed by atoms with Gasteiger partial charge in [0, 0.05) is 17.3 Å². The van der Waals surface area contributed by atoms with Crippen LogP contribution in [0.1, 0.15) is 49.3 Å². The van der Waals surface area contributed by atoms with E-state index in [1.807, 2.05) is 25.1 Å². The molecule has 1 amide bonds. The Labute approximate surface area is 204 Å². The van der Waals surface area contributed by atoms with E-state index in [1.165, 1.54) is 25.4 Å². The molecule has 0 spiro atoms. The Morgan fingerprint density at radius 1 is 1.00 bits per heavy atom. The van der Waals surface area contributed by atoms with E-state index in [2.05, 4.69) is 20.8 Å². The minimum Gasteiger partial charge on any atom is -0.507 e. The van der Waals surface area contributed by atoms with E-state index in [4.69, 9.17) is 13.9 Å². The van der Waals surface area contributed by atoms with Crippen LogP contribution in [0, 0.1) is 6.92 Å². The van der Waals surface area contributed by atoms with Crippen molar-refractivity contribution >= 4 is 23.1 Å². The molecule has 1 aliphatic heterocycles. The van der Waals surface area contributed by atoms with Gasteiger partial charge in [-0.2, -0.15) is 0 Å². The van der Waals surface area contributed by atoms with Gasteiger partial charge in [-0.05, 0) is 53.8 Å². The van der Waals surface area contributed by atoms with Gasteiger partial charge in [-0.1, -0.05) is 32.9 Å². The standard InChI is InChI=1S/C28H29NO6/c1-16-9-10-17(28(2,3)4)14-19(16)25(30)23-24(21-8-7-13-35-21)29(27(32)26(23)31)18-11-12-20(33-5)22(15-18)34-6/h7-15,24,30H,1-6H3/b25-23+. The highest BCUT2D eigenvalue weighted by molar-refractivity contribution is 6.51. The number of nitrogens with zero attached hydrogens (tertiary/aromatic N) is 1. The van der Waals surface area contributed by atoms with Crippen LogP contribution in [0.5, 0.6) is 11.5 Å². The molecule has 1 fully saturated rings. The quantitative estimate of drug-likeness (QED) is 0.297. The van der Waals surface area contributed by atoms with E-state index in [0.29, 0.717) is 28.5 Å². The normalized spacial score (nSPS) is 17.7. The number of Topliss-reactive ketones (excluding diaryl/α,β-unsaturated/α-hetero) is 1. The Morgan fingerprint density at radius 3 is 2.31 bits per heavy atom. The van der Waals surface area contributed by atoms with Crippen molar-refractivity contribution in [1.29, 1.82) is 0 Å². The van der Waals surface area contributed by atoms with Crippen LogP contribution >= 0.6 is 0 Å². The van der Waals surface area contributed by atoms with Gasteiger partial charge in [0.25, 0.3) is 11.7 Å². The smallest absolute Gasteiger partial charge is 0.300 e. The maximum atomic E-state index is 13.4. The maximum Gasteiger partial charge on any atom is 0.300 e.